The van der Waals surface area contributed by atoms with Crippen LogP contribution in [0, 0.1) is 13.8 Å². The number of para-hydroxylation sites is 1. The zero-order chi connectivity index (χ0) is 19.9. The van der Waals surface area contributed by atoms with E-state index in [2.05, 4.69) is 10.6 Å². The molecule has 0 aliphatic rings. The number of amides is 2. The van der Waals surface area contributed by atoms with Crippen LogP contribution in [0.25, 0.3) is 0 Å². The summed E-state index contributed by atoms with van der Waals surface area (Å²) in [4.78, 5) is 12.0. The van der Waals surface area contributed by atoms with Gasteiger partial charge in [-0.05, 0) is 73.5 Å². The Balaban J connectivity index is 1.47. The van der Waals surface area contributed by atoms with Crippen molar-refractivity contribution in [3.63, 3.8) is 0 Å². The molecule has 0 saturated carbocycles. The summed E-state index contributed by atoms with van der Waals surface area (Å²) >= 11 is 6.14. The molecule has 0 spiro atoms. The van der Waals surface area contributed by atoms with Crippen LogP contribution in [-0.2, 0) is 0 Å². The normalized spacial score (nSPS) is 10.2. The second-order valence-corrected chi connectivity index (χ2v) is 6.61. The van der Waals surface area contributed by atoms with Crippen LogP contribution in [0.5, 0.6) is 17.2 Å². The van der Waals surface area contributed by atoms with Crippen LogP contribution in [0.4, 0.5) is 10.5 Å². The summed E-state index contributed by atoms with van der Waals surface area (Å²) in [7, 11) is 0. The Bertz CT molecular complexity index is 921. The molecule has 3 rings (SSSR count). The quantitative estimate of drug-likeness (QED) is 0.509. The van der Waals surface area contributed by atoms with E-state index in [1.54, 1.807) is 24.3 Å². The van der Waals surface area contributed by atoms with Gasteiger partial charge in [0, 0.05) is 10.7 Å². The molecule has 0 radical (unpaired) electrons. The molecule has 0 unspecified atom stereocenters. The van der Waals surface area contributed by atoms with Crippen molar-refractivity contribution < 1.29 is 14.3 Å². The fourth-order valence-corrected chi connectivity index (χ4v) is 2.69. The minimum absolute atomic E-state index is 0.0432. The molecule has 0 fully saturated rings. The summed E-state index contributed by atoms with van der Waals surface area (Å²) in [5, 5.41) is 6.12. The molecule has 0 saturated heterocycles. The Morgan fingerprint density at radius 1 is 0.893 bits per heavy atom. The summed E-state index contributed by atoms with van der Waals surface area (Å²) in [6, 6.07) is 19.9. The van der Waals surface area contributed by atoms with E-state index in [0.717, 1.165) is 21.9 Å². The zero-order valence-electron chi connectivity index (χ0n) is 15.7. The lowest BCUT2D eigenvalue weighted by Gasteiger charge is -2.12. The molecule has 6 heteroatoms. The molecule has 3 aromatic carbocycles. The van der Waals surface area contributed by atoms with Crippen LogP contribution in [0.1, 0.15) is 11.1 Å². The summed E-state index contributed by atoms with van der Waals surface area (Å²) < 4.78 is 11.3. The molecule has 0 atom stereocenters. The number of ether oxygens (including phenoxy) is 2. The number of aryl methyl sites for hydroxylation is 2. The van der Waals surface area contributed by atoms with Gasteiger partial charge in [0.05, 0.1) is 0 Å². The third-order valence-electron chi connectivity index (χ3n) is 3.97. The van der Waals surface area contributed by atoms with Crippen molar-refractivity contribution in [2.24, 2.45) is 0 Å². The fraction of sp³-hybridized carbons (Fsp3) is 0.136. The predicted molar refractivity (Wildman–Crippen MR) is 112 cm³/mol. The second-order valence-electron chi connectivity index (χ2n) is 6.23. The number of benzene rings is 3. The van der Waals surface area contributed by atoms with Crippen molar-refractivity contribution in [1.29, 1.82) is 0 Å². The van der Waals surface area contributed by atoms with E-state index in [4.69, 9.17) is 21.1 Å². The molecule has 0 heterocycles. The average Bonchev–Trinajstić information content (AvgIpc) is 2.68. The molecule has 0 aliphatic heterocycles. The Kier molecular flexibility index (Phi) is 6.40. The molecule has 2 amide bonds. The standard InChI is InChI=1S/C22H21ClN2O3/c1-15-12-20(13-16(2)21(15)23)27-14-24-22(26)25-17-8-10-19(11-9-17)28-18-6-4-3-5-7-18/h3-13H,14H2,1-2H3,(H2,24,25,26). The molecule has 2 N–H and O–H groups in total. The molecule has 3 aromatic rings. The largest absolute Gasteiger partial charge is 0.473 e. The Morgan fingerprint density at radius 3 is 2.14 bits per heavy atom. The van der Waals surface area contributed by atoms with Gasteiger partial charge in [0.2, 0.25) is 0 Å². The first-order chi connectivity index (χ1) is 13.5. The number of rotatable bonds is 6. The molecule has 144 valence electrons. The first-order valence-electron chi connectivity index (χ1n) is 8.78. The summed E-state index contributed by atoms with van der Waals surface area (Å²) in [5.74, 6) is 2.10. The van der Waals surface area contributed by atoms with Crippen molar-refractivity contribution in [1.82, 2.24) is 5.32 Å². The van der Waals surface area contributed by atoms with Gasteiger partial charge in [-0.3, -0.25) is 0 Å². The number of nitrogens with one attached hydrogen (secondary N) is 2. The third-order valence-corrected chi connectivity index (χ3v) is 4.57. The predicted octanol–water partition coefficient (Wildman–Crippen LogP) is 5.91. The Morgan fingerprint density at radius 2 is 1.50 bits per heavy atom. The fourth-order valence-electron chi connectivity index (χ4n) is 2.58. The SMILES string of the molecule is Cc1cc(OCNC(=O)Nc2ccc(Oc3ccccc3)cc2)cc(C)c1Cl. The van der Waals surface area contributed by atoms with Crippen molar-refractivity contribution >= 4 is 23.3 Å². The number of anilines is 1. The lowest BCUT2D eigenvalue weighted by molar-refractivity contribution is 0.234. The second kappa shape index (κ2) is 9.15. The lowest BCUT2D eigenvalue weighted by Crippen LogP contribution is -2.32. The Labute approximate surface area is 169 Å². The highest BCUT2D eigenvalue weighted by molar-refractivity contribution is 6.32. The van der Waals surface area contributed by atoms with Crippen LogP contribution >= 0.6 is 11.6 Å². The van der Waals surface area contributed by atoms with Gasteiger partial charge in [0.1, 0.15) is 17.2 Å². The van der Waals surface area contributed by atoms with Crippen molar-refractivity contribution in [3.05, 3.63) is 82.9 Å². The van der Waals surface area contributed by atoms with Crippen LogP contribution < -0.4 is 20.1 Å². The van der Waals surface area contributed by atoms with E-state index in [9.17, 15) is 4.79 Å². The molecule has 28 heavy (non-hydrogen) atoms. The highest BCUT2D eigenvalue weighted by Crippen LogP contribution is 2.26. The first kappa shape index (κ1) is 19.6. The topological polar surface area (TPSA) is 59.6 Å². The minimum Gasteiger partial charge on any atom is -0.473 e. The van der Waals surface area contributed by atoms with E-state index in [0.29, 0.717) is 17.2 Å². The lowest BCUT2D eigenvalue weighted by atomic mass is 10.1. The van der Waals surface area contributed by atoms with Gasteiger partial charge in [-0.15, -0.1) is 0 Å². The van der Waals surface area contributed by atoms with E-state index < -0.39 is 0 Å². The van der Waals surface area contributed by atoms with Crippen LogP contribution in [0.15, 0.2) is 66.7 Å². The smallest absolute Gasteiger partial charge is 0.321 e. The minimum atomic E-state index is -0.362. The van der Waals surface area contributed by atoms with Crippen LogP contribution in [0.2, 0.25) is 5.02 Å². The highest BCUT2D eigenvalue weighted by atomic mass is 35.5. The van der Waals surface area contributed by atoms with E-state index in [1.165, 1.54) is 0 Å². The maximum Gasteiger partial charge on any atom is 0.321 e. The number of carbonyl (C=O) groups is 1. The average molecular weight is 397 g/mol. The Hall–Kier alpha value is -3.18. The number of hydrogen-bond donors (Lipinski definition) is 2. The van der Waals surface area contributed by atoms with Crippen molar-refractivity contribution in [3.8, 4) is 17.2 Å². The van der Waals surface area contributed by atoms with Crippen LogP contribution in [0.3, 0.4) is 0 Å². The van der Waals surface area contributed by atoms with E-state index in [1.807, 2.05) is 56.3 Å². The molecule has 5 nitrogen and oxygen atoms in total. The van der Waals surface area contributed by atoms with E-state index >= 15 is 0 Å². The van der Waals surface area contributed by atoms with Gasteiger partial charge in [-0.25, -0.2) is 4.79 Å². The zero-order valence-corrected chi connectivity index (χ0v) is 16.4. The summed E-state index contributed by atoms with van der Waals surface area (Å²) in [6.45, 7) is 3.86. The van der Waals surface area contributed by atoms with Gasteiger partial charge < -0.3 is 20.1 Å². The number of halogens is 1. The summed E-state index contributed by atoms with van der Waals surface area (Å²) in [6.07, 6.45) is 0. The number of urea groups is 1. The van der Waals surface area contributed by atoms with Gasteiger partial charge >= 0.3 is 6.03 Å². The molecule has 0 bridgehead atoms. The third kappa shape index (κ3) is 5.41. The molecule has 0 aliphatic carbocycles. The maximum absolute atomic E-state index is 12.0. The monoisotopic (exact) mass is 396 g/mol. The van der Waals surface area contributed by atoms with Gasteiger partial charge in [0.25, 0.3) is 0 Å². The van der Waals surface area contributed by atoms with Crippen LogP contribution in [-0.4, -0.2) is 12.8 Å². The number of hydrogen-bond acceptors (Lipinski definition) is 3. The molecule has 0 aromatic heterocycles. The van der Waals surface area contributed by atoms with Crippen molar-refractivity contribution in [2.45, 2.75) is 13.8 Å². The molecular weight excluding hydrogens is 376 g/mol. The van der Waals surface area contributed by atoms with E-state index in [-0.39, 0.29) is 12.8 Å². The van der Waals surface area contributed by atoms with Gasteiger partial charge in [0.15, 0.2) is 6.73 Å². The molecular formula is C22H21ClN2O3. The van der Waals surface area contributed by atoms with Gasteiger partial charge in [-0.2, -0.15) is 0 Å². The highest BCUT2D eigenvalue weighted by Gasteiger charge is 2.05. The van der Waals surface area contributed by atoms with Crippen molar-refractivity contribution in [2.75, 3.05) is 12.0 Å². The first-order valence-corrected chi connectivity index (χ1v) is 9.16. The number of carbonyl (C=O) groups excluding carboxylic acids is 1. The maximum atomic E-state index is 12.0. The summed E-state index contributed by atoms with van der Waals surface area (Å²) in [5.41, 5.74) is 2.51. The van der Waals surface area contributed by atoms with Gasteiger partial charge in [-0.1, -0.05) is 29.8 Å².